The first-order valence-corrected chi connectivity index (χ1v) is 7.15. The molecule has 2 heteroatoms. The van der Waals surface area contributed by atoms with Crippen LogP contribution in [0.4, 0.5) is 0 Å². The van der Waals surface area contributed by atoms with Gasteiger partial charge in [-0.1, -0.05) is 51.1 Å². The van der Waals surface area contributed by atoms with Crippen molar-refractivity contribution < 1.29 is 4.74 Å². The van der Waals surface area contributed by atoms with E-state index in [1.807, 2.05) is 0 Å². The molecule has 18 heavy (non-hydrogen) atoms. The molecule has 0 aliphatic rings. The van der Waals surface area contributed by atoms with Gasteiger partial charge in [0.25, 0.3) is 0 Å². The van der Waals surface area contributed by atoms with Crippen LogP contribution in [0.15, 0.2) is 30.3 Å². The second-order valence-corrected chi connectivity index (χ2v) is 4.83. The SMILES string of the molecule is CCCNC(COCCC)C(C)c1ccccc1. The Morgan fingerprint density at radius 2 is 1.83 bits per heavy atom. The van der Waals surface area contributed by atoms with Crippen molar-refractivity contribution in [2.75, 3.05) is 19.8 Å². The fourth-order valence-electron chi connectivity index (χ4n) is 2.05. The highest BCUT2D eigenvalue weighted by Crippen LogP contribution is 2.19. The summed E-state index contributed by atoms with van der Waals surface area (Å²) >= 11 is 0. The molecular formula is C16H27NO. The number of ether oxygens (including phenoxy) is 1. The third-order valence-corrected chi connectivity index (χ3v) is 3.23. The molecule has 1 aromatic rings. The molecule has 0 radical (unpaired) electrons. The summed E-state index contributed by atoms with van der Waals surface area (Å²) in [6.07, 6.45) is 2.24. The van der Waals surface area contributed by atoms with Crippen LogP contribution in [0.2, 0.25) is 0 Å². The quantitative estimate of drug-likeness (QED) is 0.675. The van der Waals surface area contributed by atoms with Gasteiger partial charge in [-0.25, -0.2) is 0 Å². The lowest BCUT2D eigenvalue weighted by Crippen LogP contribution is -2.38. The zero-order valence-electron chi connectivity index (χ0n) is 12.0. The van der Waals surface area contributed by atoms with Gasteiger partial charge < -0.3 is 10.1 Å². The maximum absolute atomic E-state index is 5.72. The Balaban J connectivity index is 2.57. The number of nitrogens with one attached hydrogen (secondary N) is 1. The van der Waals surface area contributed by atoms with Crippen LogP contribution in [-0.2, 0) is 4.74 Å². The third-order valence-electron chi connectivity index (χ3n) is 3.23. The maximum atomic E-state index is 5.72. The van der Waals surface area contributed by atoms with Gasteiger partial charge in [0.2, 0.25) is 0 Å². The zero-order valence-corrected chi connectivity index (χ0v) is 12.0. The van der Waals surface area contributed by atoms with Crippen molar-refractivity contribution in [3.8, 4) is 0 Å². The summed E-state index contributed by atoms with van der Waals surface area (Å²) in [6.45, 7) is 9.32. The van der Waals surface area contributed by atoms with E-state index in [9.17, 15) is 0 Å². The Bertz CT molecular complexity index is 299. The largest absolute Gasteiger partial charge is 0.380 e. The first kappa shape index (κ1) is 15.2. The molecule has 0 aromatic heterocycles. The van der Waals surface area contributed by atoms with Gasteiger partial charge in [-0.2, -0.15) is 0 Å². The molecule has 1 aromatic carbocycles. The summed E-state index contributed by atoms with van der Waals surface area (Å²) < 4.78 is 5.72. The van der Waals surface area contributed by atoms with Gasteiger partial charge in [-0.3, -0.25) is 0 Å². The van der Waals surface area contributed by atoms with Crippen molar-refractivity contribution in [3.63, 3.8) is 0 Å². The van der Waals surface area contributed by atoms with Gasteiger partial charge in [0.1, 0.15) is 0 Å². The molecule has 2 nitrogen and oxygen atoms in total. The highest BCUT2D eigenvalue weighted by molar-refractivity contribution is 5.20. The standard InChI is InChI=1S/C16H27NO/c1-4-11-17-16(13-18-12-5-2)14(3)15-9-7-6-8-10-15/h6-10,14,16-17H,4-5,11-13H2,1-3H3. The molecular weight excluding hydrogens is 222 g/mol. The van der Waals surface area contributed by atoms with E-state index in [-0.39, 0.29) is 0 Å². The summed E-state index contributed by atoms with van der Waals surface area (Å²) in [7, 11) is 0. The second kappa shape index (κ2) is 9.12. The van der Waals surface area contributed by atoms with Crippen LogP contribution < -0.4 is 5.32 Å². The van der Waals surface area contributed by atoms with Gasteiger partial charge >= 0.3 is 0 Å². The van der Waals surface area contributed by atoms with Crippen LogP contribution in [0.1, 0.15) is 45.1 Å². The Hall–Kier alpha value is -0.860. The zero-order chi connectivity index (χ0) is 13.2. The Kier molecular flexibility index (Phi) is 7.70. The highest BCUT2D eigenvalue weighted by atomic mass is 16.5. The van der Waals surface area contributed by atoms with E-state index < -0.39 is 0 Å². The normalized spacial score (nSPS) is 14.4. The molecule has 0 aliphatic heterocycles. The van der Waals surface area contributed by atoms with Gasteiger partial charge in [0.05, 0.1) is 6.61 Å². The third kappa shape index (κ3) is 5.19. The fourth-order valence-corrected chi connectivity index (χ4v) is 2.05. The van der Waals surface area contributed by atoms with Crippen LogP contribution in [-0.4, -0.2) is 25.8 Å². The van der Waals surface area contributed by atoms with Gasteiger partial charge in [0, 0.05) is 12.6 Å². The number of hydrogen-bond donors (Lipinski definition) is 1. The number of hydrogen-bond acceptors (Lipinski definition) is 2. The van der Waals surface area contributed by atoms with Crippen molar-refractivity contribution in [2.24, 2.45) is 0 Å². The van der Waals surface area contributed by atoms with E-state index in [0.29, 0.717) is 12.0 Å². The number of benzene rings is 1. The summed E-state index contributed by atoms with van der Waals surface area (Å²) in [5.41, 5.74) is 1.38. The molecule has 0 bridgehead atoms. The van der Waals surface area contributed by atoms with Crippen molar-refractivity contribution in [2.45, 2.75) is 45.6 Å². The average Bonchev–Trinajstić information content (AvgIpc) is 2.43. The van der Waals surface area contributed by atoms with E-state index in [4.69, 9.17) is 4.74 Å². The Morgan fingerprint density at radius 1 is 1.11 bits per heavy atom. The predicted octanol–water partition coefficient (Wildman–Crippen LogP) is 3.58. The summed E-state index contributed by atoms with van der Waals surface area (Å²) in [6, 6.07) is 11.1. The van der Waals surface area contributed by atoms with Crippen LogP contribution in [0.3, 0.4) is 0 Å². The minimum atomic E-state index is 0.402. The van der Waals surface area contributed by atoms with Crippen LogP contribution >= 0.6 is 0 Å². The van der Waals surface area contributed by atoms with Gasteiger partial charge in [-0.15, -0.1) is 0 Å². The van der Waals surface area contributed by atoms with Gasteiger partial charge in [-0.05, 0) is 30.9 Å². The van der Waals surface area contributed by atoms with Crippen molar-refractivity contribution in [3.05, 3.63) is 35.9 Å². The lowest BCUT2D eigenvalue weighted by molar-refractivity contribution is 0.105. The molecule has 2 unspecified atom stereocenters. The van der Waals surface area contributed by atoms with E-state index in [0.717, 1.165) is 32.6 Å². The molecule has 2 atom stereocenters. The second-order valence-electron chi connectivity index (χ2n) is 4.83. The van der Waals surface area contributed by atoms with Crippen molar-refractivity contribution in [1.29, 1.82) is 0 Å². The summed E-state index contributed by atoms with van der Waals surface area (Å²) in [5.74, 6) is 0.481. The summed E-state index contributed by atoms with van der Waals surface area (Å²) in [5, 5.41) is 3.60. The van der Waals surface area contributed by atoms with E-state index in [1.54, 1.807) is 0 Å². The first-order chi connectivity index (χ1) is 8.79. The predicted molar refractivity (Wildman–Crippen MR) is 78.0 cm³/mol. The topological polar surface area (TPSA) is 21.3 Å². The molecule has 0 aliphatic carbocycles. The van der Waals surface area contributed by atoms with Gasteiger partial charge in [0.15, 0.2) is 0 Å². The monoisotopic (exact) mass is 249 g/mol. The lowest BCUT2D eigenvalue weighted by atomic mass is 9.93. The maximum Gasteiger partial charge on any atom is 0.0625 e. The summed E-state index contributed by atoms with van der Waals surface area (Å²) in [4.78, 5) is 0. The highest BCUT2D eigenvalue weighted by Gasteiger charge is 2.18. The van der Waals surface area contributed by atoms with Crippen molar-refractivity contribution >= 4 is 0 Å². The average molecular weight is 249 g/mol. The molecule has 0 heterocycles. The smallest absolute Gasteiger partial charge is 0.0625 e. The lowest BCUT2D eigenvalue weighted by Gasteiger charge is -2.25. The number of rotatable bonds is 9. The molecule has 102 valence electrons. The molecule has 0 saturated carbocycles. The Morgan fingerprint density at radius 3 is 2.44 bits per heavy atom. The Labute approximate surface area is 112 Å². The van der Waals surface area contributed by atoms with E-state index in [2.05, 4.69) is 56.4 Å². The van der Waals surface area contributed by atoms with E-state index in [1.165, 1.54) is 5.56 Å². The van der Waals surface area contributed by atoms with Crippen LogP contribution in [0.25, 0.3) is 0 Å². The minimum absolute atomic E-state index is 0.402. The molecule has 0 amide bonds. The fraction of sp³-hybridized carbons (Fsp3) is 0.625. The molecule has 0 fully saturated rings. The molecule has 0 spiro atoms. The van der Waals surface area contributed by atoms with Crippen LogP contribution in [0, 0.1) is 0 Å². The minimum Gasteiger partial charge on any atom is -0.380 e. The molecule has 0 saturated heterocycles. The molecule has 1 rings (SSSR count). The molecule has 1 N–H and O–H groups in total. The van der Waals surface area contributed by atoms with Crippen molar-refractivity contribution in [1.82, 2.24) is 5.32 Å². The van der Waals surface area contributed by atoms with E-state index >= 15 is 0 Å². The first-order valence-electron chi connectivity index (χ1n) is 7.15. The van der Waals surface area contributed by atoms with Crippen LogP contribution in [0.5, 0.6) is 0 Å².